The van der Waals surface area contributed by atoms with Crippen LogP contribution in [0.15, 0.2) is 24.7 Å². The summed E-state index contributed by atoms with van der Waals surface area (Å²) < 4.78 is 14.9. The topological polar surface area (TPSA) is 69.6 Å². The third-order valence-corrected chi connectivity index (χ3v) is 2.21. The fraction of sp³-hybridized carbons (Fsp3) is 0.222. The lowest BCUT2D eigenvalue weighted by Gasteiger charge is -2.11. The fourth-order valence-corrected chi connectivity index (χ4v) is 1.38. The largest absolute Gasteiger partial charge is 0.319 e. The minimum absolute atomic E-state index is 0.385. The Bertz CT molecular complexity index is 467. The Hall–Kier alpha value is -1.82. The van der Waals surface area contributed by atoms with Crippen molar-refractivity contribution >= 4 is 0 Å². The van der Waals surface area contributed by atoms with Crippen LogP contribution in [0.4, 0.5) is 4.39 Å². The average molecular weight is 207 g/mol. The van der Waals surface area contributed by atoms with Gasteiger partial charge in [-0.3, -0.25) is 9.67 Å². The van der Waals surface area contributed by atoms with E-state index in [9.17, 15) is 4.39 Å². The van der Waals surface area contributed by atoms with Crippen molar-refractivity contribution in [2.24, 2.45) is 12.8 Å². The smallest absolute Gasteiger partial charge is 0.146 e. The first-order chi connectivity index (χ1) is 7.20. The number of hydrogen-bond donors (Lipinski definition) is 1. The van der Waals surface area contributed by atoms with Gasteiger partial charge in [0.05, 0.1) is 24.1 Å². The van der Waals surface area contributed by atoms with Crippen LogP contribution in [0.25, 0.3) is 0 Å². The van der Waals surface area contributed by atoms with Gasteiger partial charge in [0.25, 0.3) is 0 Å². The van der Waals surface area contributed by atoms with Crippen molar-refractivity contribution in [2.45, 2.75) is 6.04 Å². The molecule has 0 radical (unpaired) electrons. The number of rotatable bonds is 2. The van der Waals surface area contributed by atoms with Crippen molar-refractivity contribution in [1.82, 2.24) is 20.0 Å². The number of aromatic nitrogens is 4. The maximum atomic E-state index is 13.4. The Labute approximate surface area is 85.7 Å². The molecule has 0 aliphatic carbocycles. The first kappa shape index (κ1) is 9.72. The summed E-state index contributed by atoms with van der Waals surface area (Å²) in [6.45, 7) is 0. The highest BCUT2D eigenvalue weighted by atomic mass is 19.1. The molecule has 0 spiro atoms. The second-order valence-electron chi connectivity index (χ2n) is 3.16. The van der Waals surface area contributed by atoms with Gasteiger partial charge >= 0.3 is 0 Å². The van der Waals surface area contributed by atoms with Crippen LogP contribution < -0.4 is 5.73 Å². The number of nitrogens with two attached hydrogens (primary N) is 1. The Morgan fingerprint density at radius 2 is 2.27 bits per heavy atom. The van der Waals surface area contributed by atoms with Crippen molar-refractivity contribution in [3.63, 3.8) is 0 Å². The van der Waals surface area contributed by atoms with Gasteiger partial charge in [0.2, 0.25) is 0 Å². The summed E-state index contributed by atoms with van der Waals surface area (Å²) >= 11 is 0. The molecule has 6 heteroatoms. The molecule has 5 nitrogen and oxygen atoms in total. The van der Waals surface area contributed by atoms with Crippen LogP contribution in [0.5, 0.6) is 0 Å². The molecule has 1 atom stereocenters. The van der Waals surface area contributed by atoms with E-state index in [2.05, 4.69) is 15.3 Å². The van der Waals surface area contributed by atoms with E-state index in [1.165, 1.54) is 17.1 Å². The van der Waals surface area contributed by atoms with Crippen molar-refractivity contribution in [3.05, 3.63) is 41.7 Å². The van der Waals surface area contributed by atoms with E-state index in [-0.39, 0.29) is 0 Å². The molecular weight excluding hydrogens is 197 g/mol. The molecule has 0 saturated carbocycles. The predicted octanol–water partition coefficient (Wildman–Crippen LogP) is 0.397. The highest BCUT2D eigenvalue weighted by Gasteiger charge is 2.16. The van der Waals surface area contributed by atoms with Gasteiger partial charge in [0, 0.05) is 18.8 Å². The Balaban J connectivity index is 2.41. The zero-order valence-electron chi connectivity index (χ0n) is 8.13. The van der Waals surface area contributed by atoms with Crippen LogP contribution >= 0.6 is 0 Å². The standard InChI is InChI=1S/C9H10FN5/c1-15-8(5-13-14-15)9(11)6-2-3-12-4-7(6)10/h2-5,9H,11H2,1H3. The van der Waals surface area contributed by atoms with E-state index < -0.39 is 11.9 Å². The maximum Gasteiger partial charge on any atom is 0.146 e. The molecule has 0 saturated heterocycles. The molecular formula is C9H10FN5. The van der Waals surface area contributed by atoms with Crippen LogP contribution in [-0.2, 0) is 7.05 Å². The zero-order valence-corrected chi connectivity index (χ0v) is 8.13. The molecule has 2 aromatic heterocycles. The SMILES string of the molecule is Cn1nncc1C(N)c1ccncc1F. The van der Waals surface area contributed by atoms with Gasteiger partial charge in [-0.05, 0) is 6.07 Å². The molecule has 0 amide bonds. The molecule has 2 aromatic rings. The summed E-state index contributed by atoms with van der Waals surface area (Å²) in [4.78, 5) is 3.66. The zero-order chi connectivity index (χ0) is 10.8. The van der Waals surface area contributed by atoms with Crippen LogP contribution in [-0.4, -0.2) is 20.0 Å². The minimum atomic E-state index is -0.576. The van der Waals surface area contributed by atoms with E-state index in [0.717, 1.165) is 6.20 Å². The Morgan fingerprint density at radius 1 is 1.47 bits per heavy atom. The first-order valence-corrected chi connectivity index (χ1v) is 4.39. The predicted molar refractivity (Wildman–Crippen MR) is 51.2 cm³/mol. The lowest BCUT2D eigenvalue weighted by Crippen LogP contribution is -2.17. The van der Waals surface area contributed by atoms with Gasteiger partial charge in [-0.15, -0.1) is 5.10 Å². The summed E-state index contributed by atoms with van der Waals surface area (Å²) in [6, 6.07) is 0.973. The number of hydrogen-bond acceptors (Lipinski definition) is 4. The number of pyridine rings is 1. The second-order valence-corrected chi connectivity index (χ2v) is 3.16. The van der Waals surface area contributed by atoms with E-state index in [1.807, 2.05) is 0 Å². The van der Waals surface area contributed by atoms with Gasteiger partial charge in [-0.25, -0.2) is 4.39 Å². The molecule has 2 N–H and O–H groups in total. The average Bonchev–Trinajstić information content (AvgIpc) is 2.64. The van der Waals surface area contributed by atoms with Crippen molar-refractivity contribution in [3.8, 4) is 0 Å². The van der Waals surface area contributed by atoms with Crippen LogP contribution in [0.3, 0.4) is 0 Å². The summed E-state index contributed by atoms with van der Waals surface area (Å²) in [5.41, 5.74) is 6.93. The van der Waals surface area contributed by atoms with Crippen molar-refractivity contribution < 1.29 is 4.39 Å². The monoisotopic (exact) mass is 207 g/mol. The molecule has 0 aliphatic rings. The maximum absolute atomic E-state index is 13.4. The summed E-state index contributed by atoms with van der Waals surface area (Å²) in [6.07, 6.45) is 4.16. The van der Waals surface area contributed by atoms with Gasteiger partial charge < -0.3 is 5.73 Å². The molecule has 15 heavy (non-hydrogen) atoms. The van der Waals surface area contributed by atoms with Gasteiger partial charge in [-0.2, -0.15) is 0 Å². The minimum Gasteiger partial charge on any atom is -0.319 e. The molecule has 78 valence electrons. The fourth-order valence-electron chi connectivity index (χ4n) is 1.38. The van der Waals surface area contributed by atoms with Gasteiger partial charge in [0.1, 0.15) is 5.82 Å². The third-order valence-electron chi connectivity index (χ3n) is 2.21. The molecule has 1 unspecified atom stereocenters. The van der Waals surface area contributed by atoms with Crippen LogP contribution in [0.2, 0.25) is 0 Å². The molecule has 0 aromatic carbocycles. The molecule has 0 fully saturated rings. The second kappa shape index (κ2) is 3.74. The molecule has 0 aliphatic heterocycles. The summed E-state index contributed by atoms with van der Waals surface area (Å²) in [7, 11) is 1.71. The van der Waals surface area contributed by atoms with Gasteiger partial charge in [-0.1, -0.05) is 5.21 Å². The van der Waals surface area contributed by atoms with E-state index in [1.54, 1.807) is 13.1 Å². The summed E-state index contributed by atoms with van der Waals surface area (Å²) in [5, 5.41) is 7.43. The Kier molecular flexibility index (Phi) is 2.42. The van der Waals surface area contributed by atoms with E-state index in [4.69, 9.17) is 5.73 Å². The van der Waals surface area contributed by atoms with Crippen LogP contribution in [0, 0.1) is 5.82 Å². The normalized spacial score (nSPS) is 12.7. The summed E-state index contributed by atoms with van der Waals surface area (Å²) in [5.74, 6) is -0.425. The number of aryl methyl sites for hydroxylation is 1. The first-order valence-electron chi connectivity index (χ1n) is 4.39. The number of halogens is 1. The van der Waals surface area contributed by atoms with Crippen molar-refractivity contribution in [1.29, 1.82) is 0 Å². The lowest BCUT2D eigenvalue weighted by atomic mass is 10.1. The van der Waals surface area contributed by atoms with Crippen LogP contribution in [0.1, 0.15) is 17.3 Å². The lowest BCUT2D eigenvalue weighted by molar-refractivity contribution is 0.579. The third kappa shape index (κ3) is 1.71. The highest BCUT2D eigenvalue weighted by Crippen LogP contribution is 2.19. The van der Waals surface area contributed by atoms with Crippen molar-refractivity contribution in [2.75, 3.05) is 0 Å². The Morgan fingerprint density at radius 3 is 2.87 bits per heavy atom. The molecule has 2 heterocycles. The van der Waals surface area contributed by atoms with Gasteiger partial charge in [0.15, 0.2) is 0 Å². The van der Waals surface area contributed by atoms with E-state index >= 15 is 0 Å². The quantitative estimate of drug-likeness (QED) is 0.773. The molecule has 2 rings (SSSR count). The highest BCUT2D eigenvalue weighted by molar-refractivity contribution is 5.24. The number of nitrogens with zero attached hydrogens (tertiary/aromatic N) is 4. The van der Waals surface area contributed by atoms with E-state index in [0.29, 0.717) is 11.3 Å². The molecule has 0 bridgehead atoms.